The molecule has 1 aromatic rings. The molecule has 1 N–H and O–H groups in total. The number of nitrogens with one attached hydrogen (secondary N) is 1. The number of carbonyl (C=O) groups excluding carboxylic acids is 1. The average molecular weight is 221 g/mol. The molecule has 0 aliphatic carbocycles. The molecule has 0 spiro atoms. The van der Waals surface area contributed by atoms with Crippen LogP contribution < -0.4 is 5.32 Å². The fourth-order valence-electron chi connectivity index (χ4n) is 1.79. The smallest absolute Gasteiger partial charge is 0.271 e. The molecule has 1 aliphatic heterocycles. The Labute approximate surface area is 94.2 Å². The van der Waals surface area contributed by atoms with Gasteiger partial charge >= 0.3 is 0 Å². The summed E-state index contributed by atoms with van der Waals surface area (Å²) >= 11 is 0. The van der Waals surface area contributed by atoms with Crippen LogP contribution in [-0.4, -0.2) is 34.6 Å². The highest BCUT2D eigenvalue weighted by Gasteiger charge is 2.24. The maximum absolute atomic E-state index is 11.7. The van der Waals surface area contributed by atoms with Crippen molar-refractivity contribution in [2.24, 2.45) is 0 Å². The standard InChI is InChI=1S/C11H15N3O2/c1-8(10-3-2-6-16-10)14-11(15)9-7-12-4-5-13-9/h4-5,7-8,10H,2-3,6H2,1H3,(H,14,15)/t8-,10+/m1/s1. The van der Waals surface area contributed by atoms with Crippen LogP contribution in [0.3, 0.4) is 0 Å². The van der Waals surface area contributed by atoms with Crippen molar-refractivity contribution in [1.82, 2.24) is 15.3 Å². The van der Waals surface area contributed by atoms with Crippen molar-refractivity contribution in [1.29, 1.82) is 0 Å². The van der Waals surface area contributed by atoms with Gasteiger partial charge < -0.3 is 10.1 Å². The molecular weight excluding hydrogens is 206 g/mol. The van der Waals surface area contributed by atoms with Gasteiger partial charge in [0.2, 0.25) is 0 Å². The van der Waals surface area contributed by atoms with Crippen LogP contribution in [0.15, 0.2) is 18.6 Å². The minimum Gasteiger partial charge on any atom is -0.376 e. The van der Waals surface area contributed by atoms with E-state index in [0.717, 1.165) is 19.4 Å². The van der Waals surface area contributed by atoms with Gasteiger partial charge in [-0.1, -0.05) is 0 Å². The molecule has 0 unspecified atom stereocenters. The van der Waals surface area contributed by atoms with E-state index in [1.807, 2.05) is 6.92 Å². The van der Waals surface area contributed by atoms with Crippen molar-refractivity contribution < 1.29 is 9.53 Å². The van der Waals surface area contributed by atoms with Crippen LogP contribution in [0, 0.1) is 0 Å². The number of rotatable bonds is 3. The second kappa shape index (κ2) is 5.03. The Bertz CT molecular complexity index is 350. The zero-order valence-electron chi connectivity index (χ0n) is 9.22. The summed E-state index contributed by atoms with van der Waals surface area (Å²) in [5, 5.41) is 2.87. The third-order valence-corrected chi connectivity index (χ3v) is 2.68. The van der Waals surface area contributed by atoms with E-state index >= 15 is 0 Å². The summed E-state index contributed by atoms with van der Waals surface area (Å²) in [6.07, 6.45) is 6.70. The monoisotopic (exact) mass is 221 g/mol. The highest BCUT2D eigenvalue weighted by molar-refractivity contribution is 5.92. The van der Waals surface area contributed by atoms with E-state index < -0.39 is 0 Å². The van der Waals surface area contributed by atoms with E-state index in [4.69, 9.17) is 4.74 Å². The Balaban J connectivity index is 1.92. The van der Waals surface area contributed by atoms with E-state index in [2.05, 4.69) is 15.3 Å². The van der Waals surface area contributed by atoms with Gasteiger partial charge in [0.1, 0.15) is 5.69 Å². The molecule has 86 valence electrons. The minimum atomic E-state index is -0.198. The Morgan fingerprint density at radius 1 is 1.62 bits per heavy atom. The number of aromatic nitrogens is 2. The van der Waals surface area contributed by atoms with Crippen molar-refractivity contribution in [3.63, 3.8) is 0 Å². The van der Waals surface area contributed by atoms with Crippen molar-refractivity contribution >= 4 is 5.91 Å². The number of nitrogens with zero attached hydrogens (tertiary/aromatic N) is 2. The van der Waals surface area contributed by atoms with Gasteiger partial charge in [-0.15, -0.1) is 0 Å². The third-order valence-electron chi connectivity index (χ3n) is 2.68. The second-order valence-electron chi connectivity index (χ2n) is 3.90. The van der Waals surface area contributed by atoms with E-state index in [1.165, 1.54) is 12.4 Å². The van der Waals surface area contributed by atoms with Gasteiger partial charge in [-0.3, -0.25) is 9.78 Å². The summed E-state index contributed by atoms with van der Waals surface area (Å²) in [6, 6.07) is 0.0111. The molecule has 1 saturated heterocycles. The van der Waals surface area contributed by atoms with Crippen LogP contribution in [0.4, 0.5) is 0 Å². The van der Waals surface area contributed by atoms with E-state index in [0.29, 0.717) is 5.69 Å². The van der Waals surface area contributed by atoms with E-state index in [9.17, 15) is 4.79 Å². The highest BCUT2D eigenvalue weighted by Crippen LogP contribution is 2.15. The number of amides is 1. The normalized spacial score (nSPS) is 21.7. The lowest BCUT2D eigenvalue weighted by Crippen LogP contribution is -2.41. The SMILES string of the molecule is C[C@@H](NC(=O)c1cnccn1)[C@@H]1CCCO1. The van der Waals surface area contributed by atoms with Crippen LogP contribution >= 0.6 is 0 Å². The Morgan fingerprint density at radius 2 is 2.50 bits per heavy atom. The second-order valence-corrected chi connectivity index (χ2v) is 3.90. The molecule has 2 atom stereocenters. The molecular formula is C11H15N3O2. The van der Waals surface area contributed by atoms with Gasteiger partial charge in [0.15, 0.2) is 0 Å². The fraction of sp³-hybridized carbons (Fsp3) is 0.545. The molecule has 2 heterocycles. The van der Waals surface area contributed by atoms with Crippen molar-refractivity contribution in [2.45, 2.75) is 31.9 Å². The van der Waals surface area contributed by atoms with Gasteiger partial charge in [-0.2, -0.15) is 0 Å². The van der Waals surface area contributed by atoms with Gasteiger partial charge in [-0.25, -0.2) is 4.98 Å². The molecule has 5 nitrogen and oxygen atoms in total. The first-order chi connectivity index (χ1) is 7.77. The Hall–Kier alpha value is -1.49. The zero-order valence-corrected chi connectivity index (χ0v) is 9.22. The van der Waals surface area contributed by atoms with Crippen LogP contribution in [0.25, 0.3) is 0 Å². The van der Waals surface area contributed by atoms with E-state index in [-0.39, 0.29) is 18.1 Å². The summed E-state index contributed by atoms with van der Waals surface area (Å²) in [5.74, 6) is -0.198. The number of hydrogen-bond acceptors (Lipinski definition) is 4. The molecule has 1 aromatic heterocycles. The third kappa shape index (κ3) is 2.55. The first kappa shape index (κ1) is 11.0. The van der Waals surface area contributed by atoms with Gasteiger partial charge in [0.05, 0.1) is 18.3 Å². The van der Waals surface area contributed by atoms with Crippen LogP contribution in [0.2, 0.25) is 0 Å². The predicted molar refractivity (Wildman–Crippen MR) is 57.9 cm³/mol. The maximum atomic E-state index is 11.7. The average Bonchev–Trinajstić information content (AvgIpc) is 2.83. The molecule has 0 bridgehead atoms. The molecule has 1 amide bonds. The summed E-state index contributed by atoms with van der Waals surface area (Å²) in [4.78, 5) is 19.5. The first-order valence-electron chi connectivity index (χ1n) is 5.46. The molecule has 2 rings (SSSR count). The molecule has 16 heavy (non-hydrogen) atoms. The van der Waals surface area contributed by atoms with Crippen LogP contribution in [-0.2, 0) is 4.74 Å². The summed E-state index contributed by atoms with van der Waals surface area (Å²) < 4.78 is 5.50. The lowest BCUT2D eigenvalue weighted by atomic mass is 10.1. The van der Waals surface area contributed by atoms with Gasteiger partial charge in [0.25, 0.3) is 5.91 Å². The van der Waals surface area contributed by atoms with Crippen molar-refractivity contribution in [3.05, 3.63) is 24.3 Å². The Morgan fingerprint density at radius 3 is 3.12 bits per heavy atom. The quantitative estimate of drug-likeness (QED) is 0.819. The lowest BCUT2D eigenvalue weighted by Gasteiger charge is -2.19. The topological polar surface area (TPSA) is 64.1 Å². The largest absolute Gasteiger partial charge is 0.376 e. The number of hydrogen-bond donors (Lipinski definition) is 1. The van der Waals surface area contributed by atoms with E-state index in [1.54, 1.807) is 6.20 Å². The Kier molecular flexibility index (Phi) is 3.46. The molecule has 0 radical (unpaired) electrons. The fourth-order valence-corrected chi connectivity index (χ4v) is 1.79. The number of ether oxygens (including phenoxy) is 1. The summed E-state index contributed by atoms with van der Waals surface area (Å²) in [6.45, 7) is 2.74. The van der Waals surface area contributed by atoms with Crippen molar-refractivity contribution in [2.75, 3.05) is 6.61 Å². The summed E-state index contributed by atoms with van der Waals surface area (Å²) in [7, 11) is 0. The highest BCUT2D eigenvalue weighted by atomic mass is 16.5. The van der Waals surface area contributed by atoms with Gasteiger partial charge in [0, 0.05) is 19.0 Å². The first-order valence-corrected chi connectivity index (χ1v) is 5.46. The number of carbonyl (C=O) groups is 1. The van der Waals surface area contributed by atoms with Crippen LogP contribution in [0.5, 0.6) is 0 Å². The van der Waals surface area contributed by atoms with Gasteiger partial charge in [-0.05, 0) is 19.8 Å². The van der Waals surface area contributed by atoms with Crippen LogP contribution in [0.1, 0.15) is 30.3 Å². The lowest BCUT2D eigenvalue weighted by molar-refractivity contribution is 0.0709. The predicted octanol–water partition coefficient (Wildman–Crippen LogP) is 0.774. The summed E-state index contributed by atoms with van der Waals surface area (Å²) in [5.41, 5.74) is 0.340. The maximum Gasteiger partial charge on any atom is 0.271 e. The molecule has 1 fully saturated rings. The molecule has 5 heteroatoms. The molecule has 1 aliphatic rings. The minimum absolute atomic E-state index is 0.0111. The zero-order chi connectivity index (χ0) is 11.4. The molecule has 0 saturated carbocycles. The van der Waals surface area contributed by atoms with Crippen molar-refractivity contribution in [3.8, 4) is 0 Å². The molecule has 0 aromatic carbocycles.